The number of halogens is 1. The summed E-state index contributed by atoms with van der Waals surface area (Å²) in [5.74, 6) is 0.791. The van der Waals surface area contributed by atoms with Gasteiger partial charge >= 0.3 is 0 Å². The van der Waals surface area contributed by atoms with Crippen LogP contribution in [-0.2, 0) is 13.0 Å². The lowest BCUT2D eigenvalue weighted by Crippen LogP contribution is -2.17. The summed E-state index contributed by atoms with van der Waals surface area (Å²) in [6, 6.07) is 5.88. The Bertz CT molecular complexity index is 824. The number of thiophene rings is 1. The van der Waals surface area contributed by atoms with Crippen LogP contribution in [0, 0.1) is 0 Å². The van der Waals surface area contributed by atoms with Crippen molar-refractivity contribution >= 4 is 45.8 Å². The predicted octanol–water partition coefficient (Wildman–Crippen LogP) is 4.69. The molecular weight excluding hydrogens is 330 g/mol. The van der Waals surface area contributed by atoms with E-state index in [1.54, 1.807) is 23.5 Å². The zero-order chi connectivity index (χ0) is 16.4. The minimum absolute atomic E-state index is 0.00716. The largest absolute Gasteiger partial charge is 0.456 e. The van der Waals surface area contributed by atoms with Gasteiger partial charge in [-0.1, -0.05) is 30.3 Å². The van der Waals surface area contributed by atoms with E-state index in [-0.39, 0.29) is 6.04 Å². The van der Waals surface area contributed by atoms with Crippen molar-refractivity contribution in [3.63, 3.8) is 0 Å². The first-order chi connectivity index (χ1) is 11.1. The van der Waals surface area contributed by atoms with Gasteiger partial charge < -0.3 is 15.5 Å². The fourth-order valence-electron chi connectivity index (χ4n) is 2.48. The molecule has 0 unspecified atom stereocenters. The van der Waals surface area contributed by atoms with E-state index in [9.17, 15) is 0 Å². The van der Waals surface area contributed by atoms with E-state index in [0.29, 0.717) is 23.7 Å². The molecular formula is C17H18ClN3OS. The highest BCUT2D eigenvalue weighted by molar-refractivity contribution is 7.09. The third kappa shape index (κ3) is 3.42. The molecule has 0 radical (unpaired) electrons. The van der Waals surface area contributed by atoms with Crippen molar-refractivity contribution in [1.82, 2.24) is 4.98 Å². The molecule has 3 aromatic rings. The fraction of sp³-hybridized carbons (Fsp3) is 0.235. The van der Waals surface area contributed by atoms with E-state index in [1.807, 2.05) is 13.0 Å². The first-order valence-electron chi connectivity index (χ1n) is 7.34. The molecule has 3 aromatic heterocycles. The van der Waals surface area contributed by atoms with Gasteiger partial charge in [0.2, 0.25) is 0 Å². The van der Waals surface area contributed by atoms with E-state index >= 15 is 0 Å². The first kappa shape index (κ1) is 16.1. The van der Waals surface area contributed by atoms with Gasteiger partial charge in [0, 0.05) is 35.5 Å². The molecule has 0 saturated carbocycles. The summed E-state index contributed by atoms with van der Waals surface area (Å²) < 4.78 is 6.03. The van der Waals surface area contributed by atoms with Crippen molar-refractivity contribution in [3.05, 3.63) is 51.5 Å². The minimum Gasteiger partial charge on any atom is -0.456 e. The maximum Gasteiger partial charge on any atom is 0.176 e. The number of nitrogens with two attached hydrogens (primary N) is 1. The van der Waals surface area contributed by atoms with E-state index in [2.05, 4.69) is 28.3 Å². The first-order valence-corrected chi connectivity index (χ1v) is 8.60. The van der Waals surface area contributed by atoms with Crippen molar-refractivity contribution in [2.45, 2.75) is 25.9 Å². The molecule has 0 aliphatic rings. The molecule has 6 heteroatoms. The van der Waals surface area contributed by atoms with Gasteiger partial charge in [0.1, 0.15) is 16.4 Å². The maximum absolute atomic E-state index is 6.18. The maximum atomic E-state index is 6.18. The van der Waals surface area contributed by atoms with Crippen LogP contribution in [0.2, 0.25) is 5.15 Å². The van der Waals surface area contributed by atoms with Crippen LogP contribution in [0.4, 0.5) is 5.69 Å². The number of nitrogens with one attached hydrogen (secondary N) is 1. The SMILES string of the molecule is C=Cc1c(C[C@H](C)N)oc2c(NCc3cccs3)cc(Cl)nc12. The van der Waals surface area contributed by atoms with Gasteiger partial charge in [-0.25, -0.2) is 4.98 Å². The summed E-state index contributed by atoms with van der Waals surface area (Å²) in [7, 11) is 0. The molecule has 0 amide bonds. The Hall–Kier alpha value is -1.82. The Labute approximate surface area is 144 Å². The number of aromatic nitrogens is 1. The molecule has 120 valence electrons. The molecule has 0 aliphatic heterocycles. The second kappa shape index (κ2) is 6.74. The number of fused-ring (bicyclic) bond motifs is 1. The van der Waals surface area contributed by atoms with Gasteiger partial charge in [-0.15, -0.1) is 11.3 Å². The van der Waals surface area contributed by atoms with Crippen molar-refractivity contribution in [2.24, 2.45) is 5.73 Å². The average molecular weight is 348 g/mol. The standard InChI is InChI=1S/C17H18ClN3OS/c1-3-12-14(7-10(2)19)22-17-13(8-15(18)21-16(12)17)20-9-11-5-4-6-23-11/h3-6,8,10H,1,7,9,19H2,2H3,(H,20,21)/t10-/m0/s1. The molecule has 0 fully saturated rings. The summed E-state index contributed by atoms with van der Waals surface area (Å²) in [5.41, 5.74) is 9.00. The third-order valence-corrected chi connectivity index (χ3v) is 4.54. The Morgan fingerprint density at radius 3 is 3.04 bits per heavy atom. The van der Waals surface area contributed by atoms with Gasteiger partial charge in [-0.3, -0.25) is 0 Å². The summed E-state index contributed by atoms with van der Waals surface area (Å²) in [6.45, 7) is 6.51. The number of furan rings is 1. The van der Waals surface area contributed by atoms with Crippen LogP contribution >= 0.6 is 22.9 Å². The molecule has 3 rings (SSSR count). The van der Waals surface area contributed by atoms with Crippen molar-refractivity contribution in [3.8, 4) is 0 Å². The minimum atomic E-state index is -0.00716. The second-order valence-electron chi connectivity index (χ2n) is 5.43. The van der Waals surface area contributed by atoms with Crippen LogP contribution < -0.4 is 11.1 Å². The highest BCUT2D eigenvalue weighted by Crippen LogP contribution is 2.33. The smallest absolute Gasteiger partial charge is 0.176 e. The molecule has 0 saturated heterocycles. The lowest BCUT2D eigenvalue weighted by Gasteiger charge is -2.06. The number of pyridine rings is 1. The number of nitrogens with zero attached hydrogens (tertiary/aromatic N) is 1. The quantitative estimate of drug-likeness (QED) is 0.635. The van der Waals surface area contributed by atoms with Crippen molar-refractivity contribution in [1.29, 1.82) is 0 Å². The Morgan fingerprint density at radius 1 is 1.57 bits per heavy atom. The number of hydrogen-bond donors (Lipinski definition) is 2. The topological polar surface area (TPSA) is 64.1 Å². The molecule has 3 N–H and O–H groups in total. The monoisotopic (exact) mass is 347 g/mol. The highest BCUT2D eigenvalue weighted by atomic mass is 35.5. The number of rotatable bonds is 6. The zero-order valence-corrected chi connectivity index (χ0v) is 14.4. The van der Waals surface area contributed by atoms with Crippen molar-refractivity contribution in [2.75, 3.05) is 5.32 Å². The van der Waals surface area contributed by atoms with Crippen LogP contribution in [0.1, 0.15) is 23.1 Å². The fourth-order valence-corrected chi connectivity index (χ4v) is 3.32. The molecule has 4 nitrogen and oxygen atoms in total. The molecule has 0 spiro atoms. The van der Waals surface area contributed by atoms with E-state index in [4.69, 9.17) is 21.8 Å². The van der Waals surface area contributed by atoms with Gasteiger partial charge in [0.25, 0.3) is 0 Å². The average Bonchev–Trinajstić information content (AvgIpc) is 3.11. The zero-order valence-electron chi connectivity index (χ0n) is 12.8. The molecule has 0 aliphatic carbocycles. The summed E-state index contributed by atoms with van der Waals surface area (Å²) >= 11 is 7.88. The van der Waals surface area contributed by atoms with E-state index in [1.165, 1.54) is 4.88 Å². The lowest BCUT2D eigenvalue weighted by atomic mass is 10.1. The van der Waals surface area contributed by atoms with Crippen LogP contribution in [0.25, 0.3) is 17.2 Å². The summed E-state index contributed by atoms with van der Waals surface area (Å²) in [4.78, 5) is 5.64. The predicted molar refractivity (Wildman–Crippen MR) is 98.1 cm³/mol. The van der Waals surface area contributed by atoms with Crippen LogP contribution in [0.15, 0.2) is 34.6 Å². The van der Waals surface area contributed by atoms with Crippen molar-refractivity contribution < 1.29 is 4.42 Å². The highest BCUT2D eigenvalue weighted by Gasteiger charge is 2.18. The van der Waals surface area contributed by atoms with Crippen LogP contribution in [-0.4, -0.2) is 11.0 Å². The number of anilines is 1. The Kier molecular flexibility index (Phi) is 4.71. The Balaban J connectivity index is 2.03. The summed E-state index contributed by atoms with van der Waals surface area (Å²) in [5, 5.41) is 5.85. The second-order valence-corrected chi connectivity index (χ2v) is 6.85. The van der Waals surface area contributed by atoms with Crippen LogP contribution in [0.3, 0.4) is 0 Å². The van der Waals surface area contributed by atoms with Gasteiger partial charge in [-0.2, -0.15) is 0 Å². The van der Waals surface area contributed by atoms with Gasteiger partial charge in [0.15, 0.2) is 5.58 Å². The van der Waals surface area contributed by atoms with Gasteiger partial charge in [-0.05, 0) is 18.4 Å². The normalized spacial score (nSPS) is 12.5. The molecule has 1 atom stereocenters. The van der Waals surface area contributed by atoms with E-state index < -0.39 is 0 Å². The molecule has 0 bridgehead atoms. The van der Waals surface area contributed by atoms with Crippen LogP contribution in [0.5, 0.6) is 0 Å². The molecule has 3 heterocycles. The Morgan fingerprint density at radius 2 is 2.39 bits per heavy atom. The van der Waals surface area contributed by atoms with Gasteiger partial charge in [0.05, 0.1) is 5.69 Å². The van der Waals surface area contributed by atoms with E-state index in [0.717, 1.165) is 22.5 Å². The number of hydrogen-bond acceptors (Lipinski definition) is 5. The summed E-state index contributed by atoms with van der Waals surface area (Å²) in [6.07, 6.45) is 2.37. The molecule has 0 aromatic carbocycles. The molecule has 23 heavy (non-hydrogen) atoms. The third-order valence-electron chi connectivity index (χ3n) is 3.47. The lowest BCUT2D eigenvalue weighted by molar-refractivity contribution is 0.525.